The summed E-state index contributed by atoms with van der Waals surface area (Å²) >= 11 is 0. The van der Waals surface area contributed by atoms with Crippen LogP contribution < -0.4 is 5.32 Å². The van der Waals surface area contributed by atoms with E-state index in [0.717, 1.165) is 29.7 Å². The molecule has 0 fully saturated rings. The van der Waals surface area contributed by atoms with Crippen molar-refractivity contribution in [2.24, 2.45) is 0 Å². The molecule has 21 heavy (non-hydrogen) atoms. The Morgan fingerprint density at radius 2 is 1.86 bits per heavy atom. The molecule has 1 heterocycles. The molecule has 1 atom stereocenters. The van der Waals surface area contributed by atoms with Gasteiger partial charge in [-0.3, -0.25) is 4.79 Å². The molecule has 0 saturated carbocycles. The highest BCUT2D eigenvalue weighted by Crippen LogP contribution is 2.43. The molecule has 1 amide bonds. The molecule has 2 aromatic rings. The summed E-state index contributed by atoms with van der Waals surface area (Å²) in [6.07, 6.45) is 2.21. The average molecular weight is 275 g/mol. The first-order valence-corrected chi connectivity index (χ1v) is 7.45. The van der Waals surface area contributed by atoms with Gasteiger partial charge in [-0.05, 0) is 37.0 Å². The summed E-state index contributed by atoms with van der Waals surface area (Å²) in [6, 6.07) is 16.6. The van der Waals surface area contributed by atoms with Crippen molar-refractivity contribution in [2.45, 2.75) is 25.7 Å². The number of aryl methyl sites for hydroxylation is 1. The van der Waals surface area contributed by atoms with E-state index in [0.29, 0.717) is 5.92 Å². The monoisotopic (exact) mass is 275 g/mol. The van der Waals surface area contributed by atoms with Crippen LogP contribution in [0.1, 0.15) is 36.0 Å². The molecule has 2 heteroatoms. The number of nitrogens with one attached hydrogen (secondary N) is 1. The van der Waals surface area contributed by atoms with Crippen LogP contribution in [0.2, 0.25) is 0 Å². The van der Waals surface area contributed by atoms with Crippen LogP contribution in [-0.2, 0) is 11.2 Å². The number of carbonyl (C=O) groups is 1. The third kappa shape index (κ3) is 1.83. The fraction of sp³-hybridized carbons (Fsp3) is 0.211. The molecule has 0 saturated heterocycles. The Hall–Kier alpha value is -2.35. The van der Waals surface area contributed by atoms with E-state index in [9.17, 15) is 4.79 Å². The molecule has 2 aliphatic rings. The van der Waals surface area contributed by atoms with Crippen LogP contribution in [-0.4, -0.2) is 5.91 Å². The SMILES string of the molecule is C/C(=C1/C(=O)Nc2ccccc21)C1CCc2ccccc21. The van der Waals surface area contributed by atoms with Gasteiger partial charge in [0.05, 0.1) is 0 Å². The quantitative estimate of drug-likeness (QED) is 0.779. The molecular formula is C19H17NO. The molecule has 1 aliphatic heterocycles. The molecule has 1 unspecified atom stereocenters. The first kappa shape index (κ1) is 12.4. The van der Waals surface area contributed by atoms with Gasteiger partial charge in [0.2, 0.25) is 0 Å². The van der Waals surface area contributed by atoms with Crippen molar-refractivity contribution in [2.75, 3.05) is 5.32 Å². The van der Waals surface area contributed by atoms with E-state index in [2.05, 4.69) is 36.5 Å². The van der Waals surface area contributed by atoms with Gasteiger partial charge in [-0.2, -0.15) is 0 Å². The van der Waals surface area contributed by atoms with Crippen LogP contribution in [0.3, 0.4) is 0 Å². The summed E-state index contributed by atoms with van der Waals surface area (Å²) in [5.41, 5.74) is 6.86. The largest absolute Gasteiger partial charge is 0.321 e. The van der Waals surface area contributed by atoms with Crippen LogP contribution in [0.4, 0.5) is 5.69 Å². The second-order valence-electron chi connectivity index (χ2n) is 5.85. The van der Waals surface area contributed by atoms with Gasteiger partial charge in [0.15, 0.2) is 0 Å². The molecule has 0 aromatic heterocycles. The number of amides is 1. The van der Waals surface area contributed by atoms with Crippen molar-refractivity contribution in [3.8, 4) is 0 Å². The fourth-order valence-electron chi connectivity index (χ4n) is 3.69. The Bertz CT molecular complexity index is 773. The Labute approximate surface area is 124 Å². The van der Waals surface area contributed by atoms with Crippen LogP contribution >= 0.6 is 0 Å². The van der Waals surface area contributed by atoms with Crippen LogP contribution in [0.5, 0.6) is 0 Å². The summed E-state index contributed by atoms with van der Waals surface area (Å²) in [5, 5.41) is 2.98. The molecule has 0 radical (unpaired) electrons. The topological polar surface area (TPSA) is 29.1 Å². The van der Waals surface area contributed by atoms with Crippen molar-refractivity contribution in [3.05, 3.63) is 70.8 Å². The zero-order chi connectivity index (χ0) is 14.4. The Morgan fingerprint density at radius 3 is 2.76 bits per heavy atom. The lowest BCUT2D eigenvalue weighted by Crippen LogP contribution is -2.08. The molecule has 0 bridgehead atoms. The van der Waals surface area contributed by atoms with Crippen molar-refractivity contribution < 1.29 is 4.79 Å². The minimum absolute atomic E-state index is 0.0399. The number of para-hydroxylation sites is 1. The van der Waals surface area contributed by atoms with E-state index in [1.165, 1.54) is 16.7 Å². The molecule has 1 aliphatic carbocycles. The number of hydrogen-bond donors (Lipinski definition) is 1. The molecule has 104 valence electrons. The molecular weight excluding hydrogens is 258 g/mol. The summed E-state index contributed by atoms with van der Waals surface area (Å²) in [5.74, 6) is 0.409. The predicted molar refractivity (Wildman–Crippen MR) is 85.2 cm³/mol. The van der Waals surface area contributed by atoms with Gasteiger partial charge < -0.3 is 5.32 Å². The smallest absolute Gasteiger partial charge is 0.256 e. The molecule has 4 rings (SSSR count). The Balaban J connectivity index is 1.85. The highest BCUT2D eigenvalue weighted by molar-refractivity contribution is 6.32. The second-order valence-corrected chi connectivity index (χ2v) is 5.85. The highest BCUT2D eigenvalue weighted by atomic mass is 16.2. The molecule has 2 nitrogen and oxygen atoms in total. The third-order valence-corrected chi connectivity index (χ3v) is 4.72. The maximum Gasteiger partial charge on any atom is 0.256 e. The maximum absolute atomic E-state index is 12.4. The number of carbonyl (C=O) groups excluding carboxylic acids is 1. The number of hydrogen-bond acceptors (Lipinski definition) is 1. The lowest BCUT2D eigenvalue weighted by Gasteiger charge is -2.15. The zero-order valence-electron chi connectivity index (χ0n) is 12.0. The lowest BCUT2D eigenvalue weighted by atomic mass is 9.88. The minimum Gasteiger partial charge on any atom is -0.321 e. The summed E-state index contributed by atoms with van der Waals surface area (Å²) in [7, 11) is 0. The highest BCUT2D eigenvalue weighted by Gasteiger charge is 2.31. The first-order chi connectivity index (χ1) is 10.3. The number of fused-ring (bicyclic) bond motifs is 2. The van der Waals surface area contributed by atoms with Gasteiger partial charge in [-0.1, -0.05) is 48.0 Å². The van der Waals surface area contributed by atoms with Gasteiger partial charge in [0.1, 0.15) is 0 Å². The third-order valence-electron chi connectivity index (χ3n) is 4.72. The maximum atomic E-state index is 12.4. The van der Waals surface area contributed by atoms with Gasteiger partial charge in [-0.25, -0.2) is 0 Å². The summed E-state index contributed by atoms with van der Waals surface area (Å²) in [6.45, 7) is 2.11. The molecule has 1 N–H and O–H groups in total. The van der Waals surface area contributed by atoms with E-state index in [1.54, 1.807) is 0 Å². The van der Waals surface area contributed by atoms with E-state index in [-0.39, 0.29) is 5.91 Å². The minimum atomic E-state index is 0.0399. The van der Waals surface area contributed by atoms with Crippen LogP contribution in [0, 0.1) is 0 Å². The van der Waals surface area contributed by atoms with Crippen molar-refractivity contribution in [1.82, 2.24) is 0 Å². The van der Waals surface area contributed by atoms with E-state index >= 15 is 0 Å². The van der Waals surface area contributed by atoms with E-state index in [1.807, 2.05) is 24.3 Å². The van der Waals surface area contributed by atoms with Gasteiger partial charge in [-0.15, -0.1) is 0 Å². The van der Waals surface area contributed by atoms with Gasteiger partial charge in [0, 0.05) is 22.7 Å². The van der Waals surface area contributed by atoms with Crippen LogP contribution in [0.15, 0.2) is 54.1 Å². The zero-order valence-corrected chi connectivity index (χ0v) is 12.0. The number of anilines is 1. The summed E-state index contributed by atoms with van der Waals surface area (Å²) in [4.78, 5) is 12.4. The first-order valence-electron chi connectivity index (χ1n) is 7.45. The molecule has 2 aromatic carbocycles. The molecule has 0 spiro atoms. The van der Waals surface area contributed by atoms with Crippen LogP contribution in [0.25, 0.3) is 5.57 Å². The van der Waals surface area contributed by atoms with E-state index < -0.39 is 0 Å². The second kappa shape index (κ2) is 4.59. The van der Waals surface area contributed by atoms with Crippen molar-refractivity contribution >= 4 is 17.2 Å². The number of allylic oxidation sites excluding steroid dienone is 1. The van der Waals surface area contributed by atoms with Gasteiger partial charge >= 0.3 is 0 Å². The predicted octanol–water partition coefficient (Wildman–Crippen LogP) is 4.14. The normalized spacial score (nSPS) is 21.8. The standard InChI is InChI=1S/C19H17NO/c1-12(14-11-10-13-6-2-3-7-15(13)14)18-16-8-4-5-9-17(16)20-19(18)21/h2-9,14H,10-11H2,1H3,(H,20,21)/b18-12-. The Morgan fingerprint density at radius 1 is 1.10 bits per heavy atom. The number of benzene rings is 2. The lowest BCUT2D eigenvalue weighted by molar-refractivity contribution is -0.110. The summed E-state index contributed by atoms with van der Waals surface area (Å²) < 4.78 is 0. The fourth-order valence-corrected chi connectivity index (χ4v) is 3.69. The van der Waals surface area contributed by atoms with E-state index in [4.69, 9.17) is 0 Å². The van der Waals surface area contributed by atoms with Crippen molar-refractivity contribution in [1.29, 1.82) is 0 Å². The Kier molecular flexibility index (Phi) is 2.71. The average Bonchev–Trinajstić information content (AvgIpc) is 3.06. The van der Waals surface area contributed by atoms with Gasteiger partial charge in [0.25, 0.3) is 5.91 Å². The van der Waals surface area contributed by atoms with Crippen molar-refractivity contribution in [3.63, 3.8) is 0 Å². The number of rotatable bonds is 1.